The maximum absolute atomic E-state index is 12.2. The van der Waals surface area contributed by atoms with Gasteiger partial charge >= 0.3 is 5.97 Å². The average Bonchev–Trinajstić information content (AvgIpc) is 3.12. The highest BCUT2D eigenvalue weighted by atomic mass is 35.5. The molecule has 0 atom stereocenters. The van der Waals surface area contributed by atoms with Crippen molar-refractivity contribution < 1.29 is 14.3 Å². The molecule has 8 nitrogen and oxygen atoms in total. The molecule has 0 aliphatic carbocycles. The minimum Gasteiger partial charge on any atom is -0.486 e. The Hall–Kier alpha value is -3.65. The van der Waals surface area contributed by atoms with Crippen molar-refractivity contribution in [3.63, 3.8) is 0 Å². The van der Waals surface area contributed by atoms with Crippen LogP contribution in [-0.2, 0) is 11.3 Å². The molecule has 0 amide bonds. The van der Waals surface area contributed by atoms with Gasteiger partial charge in [0, 0.05) is 17.3 Å². The highest BCUT2D eigenvalue weighted by molar-refractivity contribution is 6.32. The molecule has 0 bridgehead atoms. The van der Waals surface area contributed by atoms with Gasteiger partial charge in [0.1, 0.15) is 18.1 Å². The topological polar surface area (TPSA) is 102 Å². The van der Waals surface area contributed by atoms with Crippen molar-refractivity contribution in [1.29, 1.82) is 0 Å². The Morgan fingerprint density at radius 3 is 2.87 bits per heavy atom. The number of aryl methyl sites for hydroxylation is 1. The van der Waals surface area contributed by atoms with Crippen LogP contribution in [-0.4, -0.2) is 32.7 Å². The number of halogens is 1. The third-order valence-corrected chi connectivity index (χ3v) is 4.93. The SMILES string of the molecule is CCOC(=O)c1[nH]c2cnnc(Nc3ccc(OCc4ccccn4)c(Cl)c3)c2c1C. The van der Waals surface area contributed by atoms with Crippen LogP contribution in [0.15, 0.2) is 48.8 Å². The van der Waals surface area contributed by atoms with E-state index in [4.69, 9.17) is 21.1 Å². The minimum absolute atomic E-state index is 0.294. The highest BCUT2D eigenvalue weighted by Gasteiger charge is 2.19. The smallest absolute Gasteiger partial charge is 0.355 e. The summed E-state index contributed by atoms with van der Waals surface area (Å²) in [5.41, 5.74) is 3.30. The first-order valence-corrected chi connectivity index (χ1v) is 10.0. The Kier molecular flexibility index (Phi) is 5.99. The van der Waals surface area contributed by atoms with Crippen molar-refractivity contribution >= 4 is 40.0 Å². The Morgan fingerprint density at radius 1 is 1.26 bits per heavy atom. The largest absolute Gasteiger partial charge is 0.486 e. The summed E-state index contributed by atoms with van der Waals surface area (Å²) in [5, 5.41) is 12.6. The fourth-order valence-electron chi connectivity index (χ4n) is 3.18. The fourth-order valence-corrected chi connectivity index (χ4v) is 3.41. The zero-order valence-electron chi connectivity index (χ0n) is 17.0. The molecule has 0 fully saturated rings. The van der Waals surface area contributed by atoms with Gasteiger partial charge in [0.05, 0.1) is 29.0 Å². The van der Waals surface area contributed by atoms with Gasteiger partial charge in [0.15, 0.2) is 5.82 Å². The van der Waals surface area contributed by atoms with Crippen molar-refractivity contribution in [3.05, 3.63) is 70.8 Å². The van der Waals surface area contributed by atoms with Crippen LogP contribution in [0.1, 0.15) is 28.7 Å². The van der Waals surface area contributed by atoms with Gasteiger partial charge in [-0.15, -0.1) is 5.10 Å². The number of ether oxygens (including phenoxy) is 2. The van der Waals surface area contributed by atoms with E-state index in [-0.39, 0.29) is 0 Å². The Labute approximate surface area is 183 Å². The quantitative estimate of drug-likeness (QED) is 0.400. The number of rotatable bonds is 7. The maximum atomic E-state index is 12.2. The molecule has 31 heavy (non-hydrogen) atoms. The van der Waals surface area contributed by atoms with Gasteiger partial charge in [-0.1, -0.05) is 17.7 Å². The van der Waals surface area contributed by atoms with Gasteiger partial charge in [-0.05, 0) is 49.7 Å². The zero-order valence-corrected chi connectivity index (χ0v) is 17.7. The van der Waals surface area contributed by atoms with E-state index in [1.165, 1.54) is 0 Å². The lowest BCUT2D eigenvalue weighted by atomic mass is 10.2. The molecule has 0 radical (unpaired) electrons. The second kappa shape index (κ2) is 9.01. The van der Waals surface area contributed by atoms with Gasteiger partial charge in [-0.2, -0.15) is 5.10 Å². The van der Waals surface area contributed by atoms with E-state index in [2.05, 4.69) is 25.5 Å². The van der Waals surface area contributed by atoms with E-state index in [9.17, 15) is 4.79 Å². The van der Waals surface area contributed by atoms with Crippen molar-refractivity contribution in [2.24, 2.45) is 0 Å². The second-order valence-electron chi connectivity index (χ2n) is 6.71. The van der Waals surface area contributed by atoms with Crippen molar-refractivity contribution in [3.8, 4) is 5.75 Å². The summed E-state index contributed by atoms with van der Waals surface area (Å²) >= 11 is 6.40. The number of carbonyl (C=O) groups is 1. The number of benzene rings is 1. The minimum atomic E-state index is -0.417. The summed E-state index contributed by atoms with van der Waals surface area (Å²) in [4.78, 5) is 19.5. The Morgan fingerprint density at radius 2 is 2.13 bits per heavy atom. The van der Waals surface area contributed by atoms with E-state index in [1.54, 1.807) is 31.5 Å². The average molecular weight is 438 g/mol. The summed E-state index contributed by atoms with van der Waals surface area (Å²) in [7, 11) is 0. The normalized spacial score (nSPS) is 10.8. The molecule has 4 aromatic rings. The molecular formula is C22H20ClN5O3. The molecule has 2 N–H and O–H groups in total. The molecule has 0 aliphatic heterocycles. The molecule has 3 aromatic heterocycles. The van der Waals surface area contributed by atoms with E-state index in [1.807, 2.05) is 31.2 Å². The molecule has 0 aliphatic rings. The molecule has 3 heterocycles. The van der Waals surface area contributed by atoms with Crippen LogP contribution in [0.3, 0.4) is 0 Å². The number of nitrogens with zero attached hydrogens (tertiary/aromatic N) is 3. The van der Waals surface area contributed by atoms with E-state index >= 15 is 0 Å². The van der Waals surface area contributed by atoms with Gasteiger partial charge in [-0.25, -0.2) is 4.79 Å². The molecule has 9 heteroatoms. The Bertz CT molecular complexity index is 1230. The number of fused-ring (bicyclic) bond motifs is 1. The van der Waals surface area contributed by atoms with Crippen LogP contribution in [0.2, 0.25) is 5.02 Å². The van der Waals surface area contributed by atoms with E-state index in [0.717, 1.165) is 16.6 Å². The van der Waals surface area contributed by atoms with Gasteiger partial charge in [0.2, 0.25) is 0 Å². The lowest BCUT2D eigenvalue weighted by Gasteiger charge is -2.11. The third kappa shape index (κ3) is 4.44. The first-order valence-electron chi connectivity index (χ1n) is 9.67. The summed E-state index contributed by atoms with van der Waals surface area (Å²) in [6.45, 7) is 4.21. The number of H-pyrrole nitrogens is 1. The van der Waals surface area contributed by atoms with Crippen molar-refractivity contribution in [2.45, 2.75) is 20.5 Å². The predicted octanol–water partition coefficient (Wildman–Crippen LogP) is 4.81. The number of anilines is 2. The summed E-state index contributed by atoms with van der Waals surface area (Å²) in [6, 6.07) is 11.0. The number of pyridine rings is 1. The molecule has 4 rings (SSSR count). The van der Waals surface area contributed by atoms with Crippen LogP contribution < -0.4 is 10.1 Å². The molecule has 0 unspecified atom stereocenters. The summed E-state index contributed by atoms with van der Waals surface area (Å²) in [5.74, 6) is 0.629. The molecular weight excluding hydrogens is 418 g/mol. The number of aromatic nitrogens is 4. The van der Waals surface area contributed by atoms with Crippen molar-refractivity contribution in [2.75, 3.05) is 11.9 Å². The number of carbonyl (C=O) groups excluding carboxylic acids is 1. The van der Waals surface area contributed by atoms with Crippen molar-refractivity contribution in [1.82, 2.24) is 20.2 Å². The monoisotopic (exact) mass is 437 g/mol. The Balaban J connectivity index is 1.56. The molecule has 0 saturated carbocycles. The highest BCUT2D eigenvalue weighted by Crippen LogP contribution is 2.32. The lowest BCUT2D eigenvalue weighted by molar-refractivity contribution is 0.0520. The molecule has 0 spiro atoms. The number of hydrogen-bond acceptors (Lipinski definition) is 7. The molecule has 0 saturated heterocycles. The summed E-state index contributed by atoms with van der Waals surface area (Å²) in [6.07, 6.45) is 3.28. The van der Waals surface area contributed by atoms with E-state index < -0.39 is 5.97 Å². The van der Waals surface area contributed by atoms with Gasteiger partial charge in [0.25, 0.3) is 0 Å². The van der Waals surface area contributed by atoms with Crippen LogP contribution in [0.5, 0.6) is 5.75 Å². The van der Waals surface area contributed by atoms with E-state index in [0.29, 0.717) is 46.7 Å². The first kappa shape index (κ1) is 20.6. The third-order valence-electron chi connectivity index (χ3n) is 4.64. The predicted molar refractivity (Wildman–Crippen MR) is 118 cm³/mol. The number of hydrogen-bond donors (Lipinski definition) is 2. The van der Waals surface area contributed by atoms with Crippen LogP contribution in [0.25, 0.3) is 10.9 Å². The molecule has 1 aromatic carbocycles. The maximum Gasteiger partial charge on any atom is 0.355 e. The van der Waals surface area contributed by atoms with Gasteiger partial charge < -0.3 is 19.8 Å². The fraction of sp³-hybridized carbons (Fsp3) is 0.182. The van der Waals surface area contributed by atoms with Gasteiger partial charge in [-0.3, -0.25) is 4.98 Å². The first-order chi connectivity index (χ1) is 15.1. The summed E-state index contributed by atoms with van der Waals surface area (Å²) < 4.78 is 10.9. The van der Waals surface area contributed by atoms with Crippen LogP contribution >= 0.6 is 11.6 Å². The van der Waals surface area contributed by atoms with Crippen LogP contribution in [0, 0.1) is 6.92 Å². The number of aromatic amines is 1. The number of esters is 1. The number of nitrogens with one attached hydrogen (secondary N) is 2. The standard InChI is InChI=1S/C22H20ClN5O3/c1-3-30-22(29)20-13(2)19-17(27-20)11-25-28-21(19)26-14-7-8-18(16(23)10-14)31-12-15-6-4-5-9-24-15/h4-11,27H,3,12H2,1-2H3,(H,26,28). The zero-order chi connectivity index (χ0) is 21.8. The molecule has 158 valence electrons. The lowest BCUT2D eigenvalue weighted by Crippen LogP contribution is -2.06. The second-order valence-corrected chi connectivity index (χ2v) is 7.11. The van der Waals surface area contributed by atoms with Crippen LogP contribution in [0.4, 0.5) is 11.5 Å².